The van der Waals surface area contributed by atoms with Crippen molar-refractivity contribution >= 4 is 5.82 Å². The molecule has 18 heavy (non-hydrogen) atoms. The summed E-state index contributed by atoms with van der Waals surface area (Å²) in [7, 11) is 3.46. The minimum atomic E-state index is 0.465. The number of anilines is 1. The summed E-state index contributed by atoms with van der Waals surface area (Å²) in [4.78, 5) is 8.57. The fourth-order valence-electron chi connectivity index (χ4n) is 1.28. The van der Waals surface area contributed by atoms with Gasteiger partial charge in [0.15, 0.2) is 0 Å². The quantitative estimate of drug-likeness (QED) is 0.667. The van der Waals surface area contributed by atoms with Gasteiger partial charge in [0.2, 0.25) is 5.88 Å². The Morgan fingerprint density at radius 1 is 1.17 bits per heavy atom. The molecule has 0 saturated heterocycles. The lowest BCUT2D eigenvalue weighted by Gasteiger charge is -2.09. The van der Waals surface area contributed by atoms with E-state index in [1.54, 1.807) is 13.2 Å². The lowest BCUT2D eigenvalue weighted by Crippen LogP contribution is -2.11. The molecule has 0 spiro atoms. The van der Waals surface area contributed by atoms with E-state index >= 15 is 0 Å². The van der Waals surface area contributed by atoms with Gasteiger partial charge in [0.05, 0.1) is 19.8 Å². The van der Waals surface area contributed by atoms with Gasteiger partial charge in [-0.15, -0.1) is 0 Å². The molecule has 0 aromatic carbocycles. The van der Waals surface area contributed by atoms with Gasteiger partial charge in [-0.1, -0.05) is 6.92 Å². The van der Waals surface area contributed by atoms with Crippen LogP contribution < -0.4 is 10.1 Å². The summed E-state index contributed by atoms with van der Waals surface area (Å²) in [6.45, 7) is 4.16. The molecule has 102 valence electrons. The van der Waals surface area contributed by atoms with Gasteiger partial charge in [-0.05, 0) is 0 Å². The fraction of sp³-hybridized carbons (Fsp3) is 0.667. The van der Waals surface area contributed by atoms with Crippen LogP contribution in [0.15, 0.2) is 6.07 Å². The maximum Gasteiger partial charge on any atom is 0.218 e. The summed E-state index contributed by atoms with van der Waals surface area (Å²) < 4.78 is 15.7. The van der Waals surface area contributed by atoms with Crippen molar-refractivity contribution in [2.24, 2.45) is 0 Å². The van der Waals surface area contributed by atoms with Crippen LogP contribution in [0.25, 0.3) is 0 Å². The van der Waals surface area contributed by atoms with Crippen LogP contribution in [0.3, 0.4) is 0 Å². The topological polar surface area (TPSA) is 65.5 Å². The number of hydrogen-bond acceptors (Lipinski definition) is 6. The number of ether oxygens (including phenoxy) is 3. The first-order chi connectivity index (χ1) is 8.80. The summed E-state index contributed by atoms with van der Waals surface area (Å²) in [6.07, 6.45) is 0.774. The van der Waals surface area contributed by atoms with Crippen molar-refractivity contribution in [3.05, 3.63) is 11.9 Å². The second-order valence-electron chi connectivity index (χ2n) is 3.56. The summed E-state index contributed by atoms with van der Waals surface area (Å²) >= 11 is 0. The molecule has 0 aliphatic carbocycles. The Balaban J connectivity index is 2.36. The van der Waals surface area contributed by atoms with E-state index in [1.165, 1.54) is 0 Å². The van der Waals surface area contributed by atoms with Crippen molar-refractivity contribution in [2.75, 3.05) is 45.9 Å². The molecular weight excluding hydrogens is 234 g/mol. The number of nitrogens with one attached hydrogen (secondary N) is 1. The highest BCUT2D eigenvalue weighted by atomic mass is 16.5. The van der Waals surface area contributed by atoms with Crippen LogP contribution in [-0.4, -0.2) is 50.6 Å². The third-order valence-electron chi connectivity index (χ3n) is 2.23. The first kappa shape index (κ1) is 14.7. The smallest absolute Gasteiger partial charge is 0.218 e. The minimum absolute atomic E-state index is 0.465. The molecule has 1 aromatic rings. The van der Waals surface area contributed by atoms with Gasteiger partial charge in [0.1, 0.15) is 18.2 Å². The monoisotopic (exact) mass is 255 g/mol. The zero-order chi connectivity index (χ0) is 13.2. The van der Waals surface area contributed by atoms with Crippen molar-refractivity contribution in [2.45, 2.75) is 13.3 Å². The second-order valence-corrected chi connectivity index (χ2v) is 3.56. The van der Waals surface area contributed by atoms with Crippen molar-refractivity contribution in [3.8, 4) is 5.88 Å². The zero-order valence-electron chi connectivity index (χ0n) is 11.2. The molecule has 1 heterocycles. The fourth-order valence-corrected chi connectivity index (χ4v) is 1.28. The van der Waals surface area contributed by atoms with Gasteiger partial charge in [-0.2, -0.15) is 4.98 Å². The lowest BCUT2D eigenvalue weighted by atomic mass is 10.4. The Hall–Kier alpha value is -1.40. The Morgan fingerprint density at radius 3 is 2.61 bits per heavy atom. The first-order valence-electron chi connectivity index (χ1n) is 6.05. The third-order valence-corrected chi connectivity index (χ3v) is 2.23. The van der Waals surface area contributed by atoms with E-state index < -0.39 is 0 Å². The number of rotatable bonds is 9. The molecule has 0 aliphatic heterocycles. The standard InChI is InChI=1S/C12H21N3O3/c1-4-10-14-11(13-2)9-12(15-10)18-8-7-17-6-5-16-3/h9H,4-8H2,1-3H3,(H,13,14,15). The molecule has 6 heteroatoms. The molecule has 0 saturated carbocycles. The van der Waals surface area contributed by atoms with Crippen LogP contribution in [0, 0.1) is 0 Å². The average Bonchev–Trinajstić information content (AvgIpc) is 2.42. The Bertz CT molecular complexity index is 325. The van der Waals surface area contributed by atoms with Crippen LogP contribution >= 0.6 is 0 Å². The van der Waals surface area contributed by atoms with Crippen LogP contribution in [0.2, 0.25) is 0 Å². The molecule has 1 N–H and O–H groups in total. The van der Waals surface area contributed by atoms with E-state index in [9.17, 15) is 0 Å². The number of nitrogens with zero attached hydrogens (tertiary/aromatic N) is 2. The number of hydrogen-bond donors (Lipinski definition) is 1. The molecule has 0 amide bonds. The van der Waals surface area contributed by atoms with E-state index in [2.05, 4.69) is 15.3 Å². The van der Waals surface area contributed by atoms with Crippen molar-refractivity contribution in [3.63, 3.8) is 0 Å². The summed E-state index contributed by atoms with van der Waals surface area (Å²) in [6, 6.07) is 1.77. The van der Waals surface area contributed by atoms with Crippen LogP contribution in [0.1, 0.15) is 12.7 Å². The third kappa shape index (κ3) is 5.29. The van der Waals surface area contributed by atoms with Crippen molar-refractivity contribution in [1.29, 1.82) is 0 Å². The van der Waals surface area contributed by atoms with Crippen LogP contribution in [0.4, 0.5) is 5.82 Å². The molecule has 0 fully saturated rings. The lowest BCUT2D eigenvalue weighted by molar-refractivity contribution is 0.0536. The van der Waals surface area contributed by atoms with E-state index in [4.69, 9.17) is 14.2 Å². The second kappa shape index (κ2) is 8.66. The van der Waals surface area contributed by atoms with Gasteiger partial charge in [-0.3, -0.25) is 0 Å². The van der Waals surface area contributed by atoms with E-state index in [-0.39, 0.29) is 0 Å². The van der Waals surface area contributed by atoms with E-state index in [1.807, 2.05) is 14.0 Å². The molecule has 6 nitrogen and oxygen atoms in total. The summed E-state index contributed by atoms with van der Waals surface area (Å²) in [5, 5.41) is 2.98. The van der Waals surface area contributed by atoms with E-state index in [0.29, 0.717) is 32.3 Å². The van der Waals surface area contributed by atoms with Gasteiger partial charge < -0.3 is 19.5 Å². The van der Waals surface area contributed by atoms with Crippen LogP contribution in [0.5, 0.6) is 5.88 Å². The maximum atomic E-state index is 5.51. The summed E-state index contributed by atoms with van der Waals surface area (Å²) in [5.74, 6) is 2.09. The Morgan fingerprint density at radius 2 is 1.94 bits per heavy atom. The Kier molecular flexibility index (Phi) is 7.05. The normalized spacial score (nSPS) is 10.4. The van der Waals surface area contributed by atoms with Gasteiger partial charge >= 0.3 is 0 Å². The highest BCUT2D eigenvalue weighted by molar-refractivity contribution is 5.37. The van der Waals surface area contributed by atoms with Crippen LogP contribution in [-0.2, 0) is 15.9 Å². The Labute approximate surface area is 108 Å². The van der Waals surface area contributed by atoms with E-state index in [0.717, 1.165) is 18.1 Å². The molecule has 1 aromatic heterocycles. The first-order valence-corrected chi connectivity index (χ1v) is 6.05. The number of aryl methyl sites for hydroxylation is 1. The molecule has 0 bridgehead atoms. The highest BCUT2D eigenvalue weighted by Crippen LogP contribution is 2.13. The molecule has 0 unspecified atom stereocenters. The maximum absolute atomic E-state index is 5.51. The van der Waals surface area contributed by atoms with Gasteiger partial charge in [-0.25, -0.2) is 4.98 Å². The molecule has 1 rings (SSSR count). The number of aromatic nitrogens is 2. The zero-order valence-corrected chi connectivity index (χ0v) is 11.2. The SMILES string of the molecule is CCc1nc(NC)cc(OCCOCCOC)n1. The minimum Gasteiger partial charge on any atom is -0.475 e. The highest BCUT2D eigenvalue weighted by Gasteiger charge is 2.03. The number of methoxy groups -OCH3 is 1. The van der Waals surface area contributed by atoms with Crippen molar-refractivity contribution in [1.82, 2.24) is 9.97 Å². The molecule has 0 aliphatic rings. The molecular formula is C12H21N3O3. The van der Waals surface area contributed by atoms with Crippen molar-refractivity contribution < 1.29 is 14.2 Å². The van der Waals surface area contributed by atoms with Gasteiger partial charge in [0.25, 0.3) is 0 Å². The molecule has 0 radical (unpaired) electrons. The molecule has 0 atom stereocenters. The predicted molar refractivity (Wildman–Crippen MR) is 69.1 cm³/mol. The largest absolute Gasteiger partial charge is 0.475 e. The summed E-state index contributed by atoms with van der Waals surface area (Å²) in [5.41, 5.74) is 0. The predicted octanol–water partition coefficient (Wildman–Crippen LogP) is 1.12. The van der Waals surface area contributed by atoms with Gasteiger partial charge in [0, 0.05) is 26.6 Å². The average molecular weight is 255 g/mol.